The summed E-state index contributed by atoms with van der Waals surface area (Å²) < 4.78 is 1.03. The van der Waals surface area contributed by atoms with Crippen molar-refractivity contribution in [3.05, 3.63) is 94.2 Å². The first-order valence-electron chi connectivity index (χ1n) is 10.7. The number of fused-ring (bicyclic) bond motifs is 3. The minimum atomic E-state index is 0.488. The van der Waals surface area contributed by atoms with Crippen LogP contribution in [0, 0.1) is 0 Å². The first-order valence-corrected chi connectivity index (χ1v) is 11.5. The highest BCUT2D eigenvalue weighted by molar-refractivity contribution is 9.10. The van der Waals surface area contributed by atoms with E-state index in [0.29, 0.717) is 6.04 Å². The molecular formula is C25H27BrN4. The fourth-order valence-electron chi connectivity index (χ4n) is 4.76. The molecule has 0 N–H and O–H groups in total. The lowest BCUT2D eigenvalue weighted by Gasteiger charge is -2.43. The summed E-state index contributed by atoms with van der Waals surface area (Å²) in [5.41, 5.74) is 5.36. The van der Waals surface area contributed by atoms with Crippen molar-refractivity contribution in [3.63, 3.8) is 0 Å². The Bertz CT molecular complexity index is 976. The number of aromatic nitrogens is 1. The largest absolute Gasteiger partial charge is 0.364 e. The van der Waals surface area contributed by atoms with Crippen molar-refractivity contribution in [2.75, 3.05) is 31.1 Å². The average Bonchev–Trinajstić information content (AvgIpc) is 2.92. The van der Waals surface area contributed by atoms with Crippen LogP contribution in [0.3, 0.4) is 0 Å². The number of halogens is 1. The van der Waals surface area contributed by atoms with Crippen LogP contribution in [0.1, 0.15) is 16.8 Å². The van der Waals surface area contributed by atoms with Crippen molar-refractivity contribution in [1.82, 2.24) is 14.8 Å². The van der Waals surface area contributed by atoms with Gasteiger partial charge in [0.25, 0.3) is 0 Å². The van der Waals surface area contributed by atoms with Crippen molar-refractivity contribution in [1.29, 1.82) is 0 Å². The smallest absolute Gasteiger partial charge is 0.0545 e. The predicted molar refractivity (Wildman–Crippen MR) is 125 cm³/mol. The van der Waals surface area contributed by atoms with Gasteiger partial charge in [-0.1, -0.05) is 48.5 Å². The molecule has 1 saturated heterocycles. The molecule has 2 aromatic carbocycles. The summed E-state index contributed by atoms with van der Waals surface area (Å²) >= 11 is 3.50. The fourth-order valence-corrected chi connectivity index (χ4v) is 4.99. The van der Waals surface area contributed by atoms with E-state index in [0.717, 1.165) is 56.0 Å². The molecule has 3 aromatic rings. The summed E-state index contributed by atoms with van der Waals surface area (Å²) in [5.74, 6) is 0. The third-order valence-electron chi connectivity index (χ3n) is 6.15. The maximum atomic E-state index is 4.62. The molecule has 0 radical (unpaired) electrons. The molecule has 2 aliphatic heterocycles. The molecule has 1 atom stereocenters. The minimum Gasteiger partial charge on any atom is -0.364 e. The van der Waals surface area contributed by atoms with Crippen LogP contribution in [0.4, 0.5) is 5.69 Å². The Balaban J connectivity index is 1.37. The molecule has 0 amide bonds. The van der Waals surface area contributed by atoms with E-state index in [1.165, 1.54) is 16.8 Å². The Morgan fingerprint density at radius 2 is 1.63 bits per heavy atom. The highest BCUT2D eigenvalue weighted by atomic mass is 79.9. The number of nitrogens with zero attached hydrogens (tertiary/aromatic N) is 4. The number of hydrogen-bond donors (Lipinski definition) is 0. The zero-order valence-electron chi connectivity index (χ0n) is 17.1. The summed E-state index contributed by atoms with van der Waals surface area (Å²) in [6.45, 7) is 7.21. The lowest BCUT2D eigenvalue weighted by atomic mass is 10.1. The SMILES string of the molecule is Brc1ccc(CN2Cc3ccccc3N3CCN(Cc4ccccc4)CC3C2)nc1. The first kappa shape index (κ1) is 19.7. The van der Waals surface area contributed by atoms with Crippen LogP contribution in [0.2, 0.25) is 0 Å². The van der Waals surface area contributed by atoms with E-state index < -0.39 is 0 Å². The molecule has 1 fully saturated rings. The van der Waals surface area contributed by atoms with E-state index in [1.807, 2.05) is 6.20 Å². The second kappa shape index (κ2) is 8.88. The number of pyridine rings is 1. The first-order chi connectivity index (χ1) is 14.7. The molecule has 154 valence electrons. The van der Waals surface area contributed by atoms with Crippen LogP contribution in [0.25, 0.3) is 0 Å². The van der Waals surface area contributed by atoms with Crippen LogP contribution >= 0.6 is 15.9 Å². The quantitative estimate of drug-likeness (QED) is 0.566. The maximum absolute atomic E-state index is 4.62. The third kappa shape index (κ3) is 4.43. The molecule has 0 saturated carbocycles. The van der Waals surface area contributed by atoms with Crippen LogP contribution < -0.4 is 4.90 Å². The fraction of sp³-hybridized carbons (Fsp3) is 0.320. The van der Waals surface area contributed by atoms with Gasteiger partial charge in [-0.15, -0.1) is 0 Å². The monoisotopic (exact) mass is 462 g/mol. The predicted octanol–water partition coefficient (Wildman–Crippen LogP) is 4.55. The van der Waals surface area contributed by atoms with E-state index in [2.05, 4.69) is 102 Å². The highest BCUT2D eigenvalue weighted by Crippen LogP contribution is 2.30. The second-order valence-corrected chi connectivity index (χ2v) is 9.25. The molecule has 1 aromatic heterocycles. The molecule has 5 heteroatoms. The van der Waals surface area contributed by atoms with Gasteiger partial charge in [-0.3, -0.25) is 14.8 Å². The summed E-state index contributed by atoms with van der Waals surface area (Å²) in [7, 11) is 0. The molecule has 0 aliphatic carbocycles. The van der Waals surface area contributed by atoms with Crippen molar-refractivity contribution in [2.24, 2.45) is 0 Å². The van der Waals surface area contributed by atoms with Crippen molar-refractivity contribution in [2.45, 2.75) is 25.7 Å². The standard InChI is InChI=1S/C25H27BrN4/c26-22-10-11-23(27-14-22)17-29-16-21-8-4-5-9-25(21)30-13-12-28(18-24(30)19-29)15-20-6-2-1-3-7-20/h1-11,14,24H,12-13,15-19H2. The van der Waals surface area contributed by atoms with Crippen LogP contribution in [0.15, 0.2) is 77.4 Å². The summed E-state index contributed by atoms with van der Waals surface area (Å²) in [6, 6.07) is 24.5. The Morgan fingerprint density at radius 3 is 2.47 bits per heavy atom. The summed E-state index contributed by atoms with van der Waals surface area (Å²) in [4.78, 5) is 12.4. The van der Waals surface area contributed by atoms with Gasteiger partial charge in [0.1, 0.15) is 0 Å². The molecule has 2 aliphatic rings. The summed E-state index contributed by atoms with van der Waals surface area (Å²) in [5, 5.41) is 0. The molecule has 3 heterocycles. The van der Waals surface area contributed by atoms with E-state index in [1.54, 1.807) is 0 Å². The second-order valence-electron chi connectivity index (χ2n) is 8.33. The van der Waals surface area contributed by atoms with E-state index in [-0.39, 0.29) is 0 Å². The number of piperazine rings is 1. The lowest BCUT2D eigenvalue weighted by molar-refractivity contribution is 0.172. The van der Waals surface area contributed by atoms with Gasteiger partial charge in [-0.25, -0.2) is 0 Å². The van der Waals surface area contributed by atoms with Crippen LogP contribution in [-0.4, -0.2) is 47.0 Å². The number of benzene rings is 2. The van der Waals surface area contributed by atoms with Crippen LogP contribution in [0.5, 0.6) is 0 Å². The molecular weight excluding hydrogens is 436 g/mol. The molecule has 5 rings (SSSR count). The van der Waals surface area contributed by atoms with Gasteiger partial charge in [0.05, 0.1) is 11.7 Å². The molecule has 1 unspecified atom stereocenters. The van der Waals surface area contributed by atoms with E-state index >= 15 is 0 Å². The molecule has 30 heavy (non-hydrogen) atoms. The van der Waals surface area contributed by atoms with Gasteiger partial charge >= 0.3 is 0 Å². The van der Waals surface area contributed by atoms with Gasteiger partial charge in [-0.2, -0.15) is 0 Å². The van der Waals surface area contributed by atoms with E-state index in [9.17, 15) is 0 Å². The van der Waals surface area contributed by atoms with Crippen molar-refractivity contribution in [3.8, 4) is 0 Å². The van der Waals surface area contributed by atoms with Crippen molar-refractivity contribution >= 4 is 21.6 Å². The highest BCUT2D eigenvalue weighted by Gasteiger charge is 2.32. The Hall–Kier alpha value is -2.21. The van der Waals surface area contributed by atoms with Gasteiger partial charge in [0.15, 0.2) is 0 Å². The number of anilines is 1. The minimum absolute atomic E-state index is 0.488. The maximum Gasteiger partial charge on any atom is 0.0545 e. The Labute approximate surface area is 187 Å². The molecule has 0 spiro atoms. The zero-order chi connectivity index (χ0) is 20.3. The summed E-state index contributed by atoms with van der Waals surface area (Å²) in [6.07, 6.45) is 1.90. The molecule has 0 bridgehead atoms. The zero-order valence-corrected chi connectivity index (χ0v) is 18.7. The van der Waals surface area contributed by atoms with Crippen molar-refractivity contribution < 1.29 is 0 Å². The average molecular weight is 463 g/mol. The van der Waals surface area contributed by atoms with Crippen LogP contribution in [-0.2, 0) is 19.6 Å². The number of hydrogen-bond acceptors (Lipinski definition) is 4. The Kier molecular flexibility index (Phi) is 5.84. The third-order valence-corrected chi connectivity index (χ3v) is 6.62. The van der Waals surface area contributed by atoms with Gasteiger partial charge in [0.2, 0.25) is 0 Å². The van der Waals surface area contributed by atoms with Gasteiger partial charge in [0, 0.05) is 62.2 Å². The van der Waals surface area contributed by atoms with E-state index in [4.69, 9.17) is 0 Å². The normalized spacial score (nSPS) is 19.8. The lowest BCUT2D eigenvalue weighted by Crippen LogP contribution is -2.55. The topological polar surface area (TPSA) is 22.6 Å². The van der Waals surface area contributed by atoms with Gasteiger partial charge in [-0.05, 0) is 45.3 Å². The number of rotatable bonds is 4. The van der Waals surface area contributed by atoms with Gasteiger partial charge < -0.3 is 4.90 Å². The molecule has 4 nitrogen and oxygen atoms in total. The number of para-hydroxylation sites is 1. The Morgan fingerprint density at radius 1 is 0.833 bits per heavy atom.